The van der Waals surface area contributed by atoms with Crippen LogP contribution in [0.3, 0.4) is 0 Å². The van der Waals surface area contributed by atoms with Crippen molar-refractivity contribution in [3.8, 4) is 11.5 Å². The Kier molecular flexibility index (Phi) is 7.41. The minimum absolute atomic E-state index is 0.222. The number of benzene rings is 1. The van der Waals surface area contributed by atoms with Crippen LogP contribution in [-0.4, -0.2) is 71.4 Å². The van der Waals surface area contributed by atoms with Crippen LogP contribution in [0.4, 0.5) is 0 Å². The molecule has 1 saturated heterocycles. The maximum atomic E-state index is 12.4. The molecule has 2 aliphatic heterocycles. The molecule has 172 valence electrons. The molecule has 0 radical (unpaired) electrons. The molecule has 0 spiro atoms. The fourth-order valence-corrected chi connectivity index (χ4v) is 3.83. The van der Waals surface area contributed by atoms with E-state index in [4.69, 9.17) is 13.9 Å². The van der Waals surface area contributed by atoms with Gasteiger partial charge in [0.05, 0.1) is 12.6 Å². The lowest BCUT2D eigenvalue weighted by molar-refractivity contribution is 0.0642. The average Bonchev–Trinajstić information content (AvgIpc) is 3.46. The summed E-state index contributed by atoms with van der Waals surface area (Å²) in [7, 11) is 0. The van der Waals surface area contributed by atoms with E-state index >= 15 is 0 Å². The van der Waals surface area contributed by atoms with E-state index in [1.54, 1.807) is 0 Å². The number of aliphatic hydroxyl groups excluding tert-OH is 1. The number of carbonyl (C=O) groups excluding carboxylic acids is 1. The van der Waals surface area contributed by atoms with Gasteiger partial charge >= 0.3 is 0 Å². The first kappa shape index (κ1) is 22.3. The van der Waals surface area contributed by atoms with Crippen LogP contribution in [0.5, 0.6) is 11.5 Å². The molecular weight excluding hydrogens is 412 g/mol. The van der Waals surface area contributed by atoms with Crippen LogP contribution in [0.15, 0.2) is 41.5 Å². The van der Waals surface area contributed by atoms with E-state index in [0.29, 0.717) is 37.0 Å². The number of aliphatic hydroxyl groups is 1. The average molecular weight is 443 g/mol. The van der Waals surface area contributed by atoms with Crippen LogP contribution >= 0.6 is 0 Å². The van der Waals surface area contributed by atoms with E-state index in [0.717, 1.165) is 44.6 Å². The number of oxazole rings is 1. The molecule has 0 saturated carbocycles. The highest BCUT2D eigenvalue weighted by atomic mass is 16.7. The minimum Gasteiger partial charge on any atom is -0.454 e. The number of ether oxygens (including phenoxy) is 2. The van der Waals surface area contributed by atoms with Crippen LogP contribution in [0.25, 0.3) is 0 Å². The van der Waals surface area contributed by atoms with Crippen molar-refractivity contribution < 1.29 is 23.8 Å². The first-order chi connectivity index (χ1) is 15.6. The number of nitrogens with zero attached hydrogens (tertiary/aromatic N) is 3. The summed E-state index contributed by atoms with van der Waals surface area (Å²) < 4.78 is 16.2. The highest BCUT2D eigenvalue weighted by molar-refractivity contribution is 5.91. The second kappa shape index (κ2) is 10.6. The second-order valence-corrected chi connectivity index (χ2v) is 8.09. The van der Waals surface area contributed by atoms with Gasteiger partial charge in [-0.2, -0.15) is 0 Å². The van der Waals surface area contributed by atoms with E-state index in [2.05, 4.69) is 26.7 Å². The van der Waals surface area contributed by atoms with Crippen LogP contribution in [0.1, 0.15) is 34.8 Å². The topological polar surface area (TPSA) is 100 Å². The van der Waals surface area contributed by atoms with Crippen LogP contribution in [0, 0.1) is 0 Å². The highest BCUT2D eigenvalue weighted by Crippen LogP contribution is 2.32. The summed E-state index contributed by atoms with van der Waals surface area (Å²) in [5.41, 5.74) is 1.18. The molecule has 2 N–H and O–H groups in total. The third-order valence-corrected chi connectivity index (χ3v) is 5.67. The van der Waals surface area contributed by atoms with E-state index in [9.17, 15) is 9.90 Å². The Morgan fingerprint density at radius 1 is 1.22 bits per heavy atom. The largest absolute Gasteiger partial charge is 0.454 e. The van der Waals surface area contributed by atoms with Gasteiger partial charge < -0.3 is 24.3 Å². The Hall–Kier alpha value is -2.88. The van der Waals surface area contributed by atoms with Crippen molar-refractivity contribution >= 4 is 5.91 Å². The molecule has 3 heterocycles. The number of hydrogen-bond donors (Lipinski definition) is 2. The van der Waals surface area contributed by atoms with Crippen LogP contribution < -0.4 is 14.8 Å². The summed E-state index contributed by atoms with van der Waals surface area (Å²) in [5.74, 6) is 1.64. The molecule has 2 aromatic rings. The number of β-amino-alcohol motifs (C(OH)–C–C–N with tert-alkyl or cyclic N) is 1. The molecule has 0 aliphatic carbocycles. The van der Waals surface area contributed by atoms with Crippen molar-refractivity contribution in [2.75, 3.05) is 39.5 Å². The molecule has 1 fully saturated rings. The molecule has 1 aromatic carbocycles. The third-order valence-electron chi connectivity index (χ3n) is 5.67. The molecule has 1 amide bonds. The molecule has 1 aromatic heterocycles. The lowest BCUT2D eigenvalue weighted by atomic mass is 10.1. The fraction of sp³-hybridized carbons (Fsp3) is 0.478. The zero-order chi connectivity index (χ0) is 22.3. The fourth-order valence-electron chi connectivity index (χ4n) is 3.83. The quantitative estimate of drug-likeness (QED) is 0.537. The predicted molar refractivity (Wildman–Crippen MR) is 117 cm³/mol. The normalized spacial score (nSPS) is 17.3. The number of aromatic nitrogens is 1. The Morgan fingerprint density at radius 2 is 2.00 bits per heavy atom. The summed E-state index contributed by atoms with van der Waals surface area (Å²) in [4.78, 5) is 21.3. The number of amides is 1. The lowest BCUT2D eigenvalue weighted by Crippen LogP contribution is -2.48. The van der Waals surface area contributed by atoms with Crippen molar-refractivity contribution in [1.29, 1.82) is 0 Å². The van der Waals surface area contributed by atoms with Crippen molar-refractivity contribution in [1.82, 2.24) is 20.1 Å². The molecular formula is C23H30N4O5. The van der Waals surface area contributed by atoms with E-state index in [-0.39, 0.29) is 24.5 Å². The van der Waals surface area contributed by atoms with Gasteiger partial charge in [0.1, 0.15) is 6.26 Å². The highest BCUT2D eigenvalue weighted by Gasteiger charge is 2.21. The summed E-state index contributed by atoms with van der Waals surface area (Å²) >= 11 is 0. The standard InChI is InChI=1S/C23H30N4O5/c1-2-3-4-18(28)13-26-7-9-27(10-8-26)14-22-25-19(15-30-22)23(29)24-12-17-5-6-20-21(11-17)32-16-31-20/h2,5-6,11,15,18,28H,1,3-4,7-10,12-14,16H2,(H,24,29)/t18-/m1/s1. The molecule has 4 rings (SSSR count). The molecule has 32 heavy (non-hydrogen) atoms. The Bertz CT molecular complexity index is 923. The van der Waals surface area contributed by atoms with E-state index < -0.39 is 0 Å². The maximum Gasteiger partial charge on any atom is 0.273 e. The molecule has 1 atom stereocenters. The number of piperazine rings is 1. The molecule has 9 heteroatoms. The predicted octanol–water partition coefficient (Wildman–Crippen LogP) is 1.78. The number of nitrogens with one attached hydrogen (secondary N) is 1. The number of allylic oxidation sites excluding steroid dienone is 1. The lowest BCUT2D eigenvalue weighted by Gasteiger charge is -2.34. The summed E-state index contributed by atoms with van der Waals surface area (Å²) in [5, 5.41) is 12.9. The number of hydrogen-bond acceptors (Lipinski definition) is 8. The number of rotatable bonds is 10. The summed E-state index contributed by atoms with van der Waals surface area (Å²) in [6, 6.07) is 5.58. The minimum atomic E-state index is -0.315. The van der Waals surface area contributed by atoms with Gasteiger partial charge in [-0.25, -0.2) is 4.98 Å². The SMILES string of the molecule is C=CCC[C@@H](O)CN1CCN(Cc2nc(C(=O)NCc3ccc4c(c3)OCO4)co2)CC1. The second-order valence-electron chi connectivity index (χ2n) is 8.09. The Morgan fingerprint density at radius 3 is 2.81 bits per heavy atom. The van der Waals surface area contributed by atoms with Crippen molar-refractivity contribution in [2.45, 2.75) is 32.0 Å². The van der Waals surface area contributed by atoms with Gasteiger partial charge in [0.25, 0.3) is 5.91 Å². The molecule has 0 unspecified atom stereocenters. The van der Waals surface area contributed by atoms with E-state index in [1.807, 2.05) is 24.3 Å². The number of fused-ring (bicyclic) bond motifs is 1. The monoisotopic (exact) mass is 442 g/mol. The van der Waals surface area contributed by atoms with Gasteiger partial charge in [-0.1, -0.05) is 12.1 Å². The Balaban J connectivity index is 1.20. The van der Waals surface area contributed by atoms with Gasteiger partial charge in [-0.15, -0.1) is 6.58 Å². The van der Waals surface area contributed by atoms with Crippen LogP contribution in [0.2, 0.25) is 0 Å². The summed E-state index contributed by atoms with van der Waals surface area (Å²) in [6.07, 6.45) is 4.50. The molecule has 0 bridgehead atoms. The van der Waals surface area contributed by atoms with Crippen LogP contribution in [-0.2, 0) is 13.1 Å². The first-order valence-corrected chi connectivity index (χ1v) is 11.0. The van der Waals surface area contributed by atoms with Crippen molar-refractivity contribution in [3.05, 3.63) is 54.3 Å². The third kappa shape index (κ3) is 5.87. The Labute approximate surface area is 187 Å². The van der Waals surface area contributed by atoms with Gasteiger partial charge in [-0.3, -0.25) is 14.6 Å². The number of carbonyl (C=O) groups is 1. The van der Waals surface area contributed by atoms with Gasteiger partial charge in [-0.05, 0) is 30.5 Å². The maximum absolute atomic E-state index is 12.4. The summed E-state index contributed by atoms with van der Waals surface area (Å²) in [6.45, 7) is 9.02. The smallest absolute Gasteiger partial charge is 0.273 e. The van der Waals surface area contributed by atoms with Crippen molar-refractivity contribution in [2.24, 2.45) is 0 Å². The first-order valence-electron chi connectivity index (χ1n) is 11.0. The van der Waals surface area contributed by atoms with E-state index in [1.165, 1.54) is 6.26 Å². The van der Waals surface area contributed by atoms with Gasteiger partial charge in [0.2, 0.25) is 12.7 Å². The zero-order valence-electron chi connectivity index (χ0n) is 18.2. The van der Waals surface area contributed by atoms with Gasteiger partial charge in [0, 0.05) is 39.3 Å². The molecule has 2 aliphatic rings. The van der Waals surface area contributed by atoms with Crippen molar-refractivity contribution in [3.63, 3.8) is 0 Å². The van der Waals surface area contributed by atoms with Gasteiger partial charge in [0.15, 0.2) is 17.2 Å². The molecule has 9 nitrogen and oxygen atoms in total. The zero-order valence-corrected chi connectivity index (χ0v) is 18.2.